The van der Waals surface area contributed by atoms with Gasteiger partial charge in [-0.2, -0.15) is 0 Å². The van der Waals surface area contributed by atoms with E-state index < -0.39 is 17.7 Å². The van der Waals surface area contributed by atoms with Gasteiger partial charge >= 0.3 is 5.97 Å². The lowest BCUT2D eigenvalue weighted by atomic mass is 9.88. The number of ether oxygens (including phenoxy) is 1. The normalized spacial score (nSPS) is 12.6. The van der Waals surface area contributed by atoms with E-state index >= 15 is 0 Å². The fourth-order valence-corrected chi connectivity index (χ4v) is 4.08. The SMILES string of the molecule is Cc1cc2nc(-c3ccncc3)ccc2c(-c2ccc(Cl)cc2)c1C(OC(C)(C)C)C(=O)O. The minimum Gasteiger partial charge on any atom is -0.479 e. The first-order chi connectivity index (χ1) is 15.6. The number of carboxylic acids is 1. The predicted molar refractivity (Wildman–Crippen MR) is 131 cm³/mol. The maximum absolute atomic E-state index is 12.4. The van der Waals surface area contributed by atoms with Crippen LogP contribution in [0.5, 0.6) is 0 Å². The monoisotopic (exact) mass is 460 g/mol. The Balaban J connectivity index is 2.02. The summed E-state index contributed by atoms with van der Waals surface area (Å²) < 4.78 is 6.04. The number of pyridine rings is 2. The third-order valence-electron chi connectivity index (χ3n) is 5.31. The Morgan fingerprint density at radius 3 is 2.27 bits per heavy atom. The van der Waals surface area contributed by atoms with Gasteiger partial charge in [0.15, 0.2) is 6.10 Å². The first-order valence-electron chi connectivity index (χ1n) is 10.7. The summed E-state index contributed by atoms with van der Waals surface area (Å²) in [5.41, 5.74) is 4.95. The molecule has 1 N–H and O–H groups in total. The average Bonchev–Trinajstić information content (AvgIpc) is 2.77. The van der Waals surface area contributed by atoms with Crippen LogP contribution in [-0.2, 0) is 9.53 Å². The Morgan fingerprint density at radius 2 is 1.67 bits per heavy atom. The summed E-state index contributed by atoms with van der Waals surface area (Å²) in [5, 5.41) is 11.6. The zero-order valence-corrected chi connectivity index (χ0v) is 19.7. The molecule has 2 aromatic carbocycles. The Bertz CT molecular complexity index is 1310. The minimum atomic E-state index is -1.14. The van der Waals surface area contributed by atoms with Crippen LogP contribution in [0.4, 0.5) is 0 Å². The fourth-order valence-electron chi connectivity index (χ4n) is 3.96. The first-order valence-corrected chi connectivity index (χ1v) is 11.0. The predicted octanol–water partition coefficient (Wildman–Crippen LogP) is 6.87. The smallest absolute Gasteiger partial charge is 0.337 e. The number of halogens is 1. The summed E-state index contributed by atoms with van der Waals surface area (Å²) in [4.78, 5) is 21.3. The molecule has 33 heavy (non-hydrogen) atoms. The van der Waals surface area contributed by atoms with E-state index in [1.165, 1.54) is 0 Å². The van der Waals surface area contributed by atoms with Crippen LogP contribution in [0.15, 0.2) is 67.0 Å². The molecule has 0 saturated heterocycles. The first kappa shape index (κ1) is 22.9. The Kier molecular flexibility index (Phi) is 6.19. The molecule has 1 atom stereocenters. The highest BCUT2D eigenvalue weighted by Crippen LogP contribution is 2.41. The highest BCUT2D eigenvalue weighted by molar-refractivity contribution is 6.30. The Hall–Kier alpha value is -3.28. The molecule has 0 aliphatic heterocycles. The van der Waals surface area contributed by atoms with Crippen LogP contribution >= 0.6 is 11.6 Å². The summed E-state index contributed by atoms with van der Waals surface area (Å²) in [6, 6.07) is 17.1. The van der Waals surface area contributed by atoms with Gasteiger partial charge in [0.25, 0.3) is 0 Å². The van der Waals surface area contributed by atoms with Crippen molar-refractivity contribution in [2.45, 2.75) is 39.4 Å². The Morgan fingerprint density at radius 1 is 1.00 bits per heavy atom. The molecular weight excluding hydrogens is 436 g/mol. The quantitative estimate of drug-likeness (QED) is 0.352. The molecule has 5 nitrogen and oxygen atoms in total. The second kappa shape index (κ2) is 8.93. The molecule has 1 unspecified atom stereocenters. The van der Waals surface area contributed by atoms with E-state index in [1.807, 2.05) is 70.2 Å². The standard InChI is InChI=1S/C27H25ClN2O3/c1-16-15-22-20(9-10-21(30-22)17-11-13-29-14-12-17)24(18-5-7-19(28)8-6-18)23(16)25(26(31)32)33-27(2,3)4/h5-15,25H,1-4H3,(H,31,32). The van der Waals surface area contributed by atoms with Crippen LogP contribution in [-0.4, -0.2) is 26.6 Å². The highest BCUT2D eigenvalue weighted by atomic mass is 35.5. The number of fused-ring (bicyclic) bond motifs is 1. The van der Waals surface area contributed by atoms with Crippen molar-refractivity contribution in [3.63, 3.8) is 0 Å². The number of hydrogen-bond acceptors (Lipinski definition) is 4. The van der Waals surface area contributed by atoms with Crippen molar-refractivity contribution < 1.29 is 14.6 Å². The highest BCUT2D eigenvalue weighted by Gasteiger charge is 2.31. The zero-order chi connectivity index (χ0) is 23.8. The van der Waals surface area contributed by atoms with Gasteiger partial charge in [-0.05, 0) is 80.8 Å². The number of nitrogens with zero attached hydrogens (tertiary/aromatic N) is 2. The van der Waals surface area contributed by atoms with Crippen LogP contribution in [0.25, 0.3) is 33.3 Å². The second-order valence-corrected chi connectivity index (χ2v) is 9.37. The topological polar surface area (TPSA) is 72.3 Å². The van der Waals surface area contributed by atoms with Crippen molar-refractivity contribution >= 4 is 28.5 Å². The number of carboxylic acid groups (broad SMARTS) is 1. The van der Waals surface area contributed by atoms with E-state index in [0.29, 0.717) is 10.6 Å². The van der Waals surface area contributed by atoms with E-state index in [4.69, 9.17) is 21.3 Å². The number of aryl methyl sites for hydroxylation is 1. The lowest BCUT2D eigenvalue weighted by Crippen LogP contribution is -2.28. The van der Waals surface area contributed by atoms with Gasteiger partial charge in [0.2, 0.25) is 0 Å². The molecule has 0 saturated carbocycles. The minimum absolute atomic E-state index is 0.607. The second-order valence-electron chi connectivity index (χ2n) is 8.94. The van der Waals surface area contributed by atoms with Crippen molar-refractivity contribution in [1.29, 1.82) is 0 Å². The molecule has 2 aromatic heterocycles. The van der Waals surface area contributed by atoms with E-state index in [0.717, 1.165) is 38.9 Å². The molecule has 0 spiro atoms. The van der Waals surface area contributed by atoms with Gasteiger partial charge in [-0.25, -0.2) is 9.78 Å². The summed E-state index contributed by atoms with van der Waals surface area (Å²) in [6.45, 7) is 7.45. The van der Waals surface area contributed by atoms with Crippen molar-refractivity contribution in [3.05, 3.63) is 83.1 Å². The number of aromatic nitrogens is 2. The fraction of sp³-hybridized carbons (Fsp3) is 0.222. The molecular formula is C27H25ClN2O3. The third-order valence-corrected chi connectivity index (χ3v) is 5.56. The van der Waals surface area contributed by atoms with Gasteiger partial charge in [0.05, 0.1) is 16.8 Å². The summed E-state index contributed by atoms with van der Waals surface area (Å²) >= 11 is 6.14. The summed E-state index contributed by atoms with van der Waals surface area (Å²) in [7, 11) is 0. The van der Waals surface area contributed by atoms with E-state index in [1.54, 1.807) is 24.5 Å². The number of rotatable bonds is 5. The molecule has 4 rings (SSSR count). The van der Waals surface area contributed by atoms with Gasteiger partial charge in [-0.3, -0.25) is 4.98 Å². The number of carbonyl (C=O) groups is 1. The van der Waals surface area contributed by atoms with Crippen molar-refractivity contribution in [3.8, 4) is 22.4 Å². The van der Waals surface area contributed by atoms with Crippen LogP contribution in [0.1, 0.15) is 38.0 Å². The maximum Gasteiger partial charge on any atom is 0.337 e. The largest absolute Gasteiger partial charge is 0.479 e. The zero-order valence-electron chi connectivity index (χ0n) is 19.0. The lowest BCUT2D eigenvalue weighted by Gasteiger charge is -2.28. The molecule has 168 valence electrons. The van der Waals surface area contributed by atoms with E-state index in [2.05, 4.69) is 4.98 Å². The van der Waals surface area contributed by atoms with Gasteiger partial charge < -0.3 is 9.84 Å². The molecule has 6 heteroatoms. The molecule has 0 fully saturated rings. The van der Waals surface area contributed by atoms with Crippen LogP contribution in [0, 0.1) is 6.92 Å². The lowest BCUT2D eigenvalue weighted by molar-refractivity contribution is -0.160. The van der Waals surface area contributed by atoms with Crippen molar-refractivity contribution in [2.75, 3.05) is 0 Å². The summed E-state index contributed by atoms with van der Waals surface area (Å²) in [6.07, 6.45) is 2.33. The van der Waals surface area contributed by atoms with Crippen molar-refractivity contribution in [1.82, 2.24) is 9.97 Å². The average molecular weight is 461 g/mol. The van der Waals surface area contributed by atoms with E-state index in [-0.39, 0.29) is 0 Å². The molecule has 0 aliphatic rings. The third kappa shape index (κ3) is 4.90. The number of benzene rings is 2. The van der Waals surface area contributed by atoms with Gasteiger partial charge in [-0.1, -0.05) is 29.8 Å². The van der Waals surface area contributed by atoms with E-state index in [9.17, 15) is 9.90 Å². The van der Waals surface area contributed by atoms with Crippen LogP contribution < -0.4 is 0 Å². The molecule has 0 bridgehead atoms. The molecule has 0 amide bonds. The molecule has 0 radical (unpaired) electrons. The van der Waals surface area contributed by atoms with Crippen LogP contribution in [0.2, 0.25) is 5.02 Å². The molecule has 0 aliphatic carbocycles. The molecule has 2 heterocycles. The van der Waals surface area contributed by atoms with Gasteiger partial charge in [0, 0.05) is 33.9 Å². The van der Waals surface area contributed by atoms with Crippen LogP contribution in [0.3, 0.4) is 0 Å². The van der Waals surface area contributed by atoms with Crippen molar-refractivity contribution in [2.24, 2.45) is 0 Å². The number of aliphatic carboxylic acids is 1. The summed E-state index contributed by atoms with van der Waals surface area (Å²) in [5.74, 6) is -1.04. The van der Waals surface area contributed by atoms with Gasteiger partial charge in [-0.15, -0.1) is 0 Å². The maximum atomic E-state index is 12.4. The number of hydrogen-bond donors (Lipinski definition) is 1. The Labute approximate surface area is 198 Å². The molecule has 4 aromatic rings. The van der Waals surface area contributed by atoms with Gasteiger partial charge in [0.1, 0.15) is 0 Å².